The van der Waals surface area contributed by atoms with Gasteiger partial charge < -0.3 is 20.8 Å². The second-order valence-corrected chi connectivity index (χ2v) is 8.45. The number of nitrogens with zero attached hydrogens (tertiary/aromatic N) is 3. The van der Waals surface area contributed by atoms with Crippen LogP contribution in [0.4, 0.5) is 0 Å². The summed E-state index contributed by atoms with van der Waals surface area (Å²) in [6, 6.07) is 7.18. The summed E-state index contributed by atoms with van der Waals surface area (Å²) < 4.78 is 3.18. The van der Waals surface area contributed by atoms with E-state index in [-0.39, 0.29) is 42.2 Å². The van der Waals surface area contributed by atoms with Crippen LogP contribution in [0.15, 0.2) is 24.3 Å². The predicted molar refractivity (Wildman–Crippen MR) is 108 cm³/mol. The Morgan fingerprint density at radius 1 is 1.03 bits per heavy atom. The third-order valence-corrected chi connectivity index (χ3v) is 6.60. The van der Waals surface area contributed by atoms with E-state index in [1.54, 1.807) is 20.1 Å². The van der Waals surface area contributed by atoms with E-state index < -0.39 is 0 Å². The highest BCUT2D eigenvalue weighted by molar-refractivity contribution is 5.81. The molecule has 2 fully saturated rings. The fraction of sp³-hybridized carbons (Fsp3) is 0.545. The highest BCUT2D eigenvalue weighted by Gasteiger charge is 2.40. The van der Waals surface area contributed by atoms with Crippen LogP contribution >= 0.6 is 0 Å². The standard InChI is InChI=1S/C22H28N4O4/c23-20(28)15-10-12-24(13-11-15)19(27)14-25-18-9-5-4-8-17(18)21(29)26(22(25)30)16-6-2-1-3-7-16/h4-5,8-9,15-16H,1-3,6-7,10-14H2,(H2,23,28)/p+2. The molecule has 2 amide bonds. The summed E-state index contributed by atoms with van der Waals surface area (Å²) in [5, 5.41) is 22.6. The summed E-state index contributed by atoms with van der Waals surface area (Å²) >= 11 is 0. The van der Waals surface area contributed by atoms with E-state index >= 15 is 0 Å². The van der Waals surface area contributed by atoms with Crippen molar-refractivity contribution in [2.24, 2.45) is 11.7 Å². The van der Waals surface area contributed by atoms with Gasteiger partial charge in [0.25, 0.3) is 5.91 Å². The third kappa shape index (κ3) is 3.78. The molecule has 1 saturated carbocycles. The van der Waals surface area contributed by atoms with Gasteiger partial charge in [0.05, 0.1) is 0 Å². The molecule has 8 heteroatoms. The van der Waals surface area contributed by atoms with E-state index in [0.717, 1.165) is 32.1 Å². The molecule has 2 aromatic rings. The molecule has 0 spiro atoms. The SMILES string of the molecule is NC(=O)C1CCN(C(=O)C[n+]2c(O)[n+](C3CCCCC3)c(O)c3ccccc32)CC1. The van der Waals surface area contributed by atoms with E-state index in [1.165, 1.54) is 0 Å². The van der Waals surface area contributed by atoms with Gasteiger partial charge in [-0.2, -0.15) is 0 Å². The van der Waals surface area contributed by atoms with Gasteiger partial charge in [0, 0.05) is 37.9 Å². The zero-order chi connectivity index (χ0) is 21.3. The molecule has 2 heterocycles. The van der Waals surface area contributed by atoms with Crippen molar-refractivity contribution >= 4 is 22.7 Å². The van der Waals surface area contributed by atoms with E-state index in [9.17, 15) is 19.8 Å². The van der Waals surface area contributed by atoms with Gasteiger partial charge in [-0.25, -0.2) is 0 Å². The molecule has 4 N–H and O–H groups in total. The summed E-state index contributed by atoms with van der Waals surface area (Å²) in [6.07, 6.45) is 6.17. The van der Waals surface area contributed by atoms with Gasteiger partial charge in [0.1, 0.15) is 0 Å². The molecular formula is C22H30N4O4+2. The van der Waals surface area contributed by atoms with Crippen LogP contribution in [0.2, 0.25) is 0 Å². The van der Waals surface area contributed by atoms with Crippen LogP contribution in [0.5, 0.6) is 11.9 Å². The Labute approximate surface area is 175 Å². The first-order chi connectivity index (χ1) is 14.5. The maximum Gasteiger partial charge on any atom is 0.632 e. The van der Waals surface area contributed by atoms with Crippen LogP contribution < -0.4 is 14.9 Å². The number of amides is 2. The van der Waals surface area contributed by atoms with E-state index in [0.29, 0.717) is 36.8 Å². The summed E-state index contributed by atoms with van der Waals surface area (Å²) in [4.78, 5) is 26.1. The topological polar surface area (TPSA) is 112 Å². The van der Waals surface area contributed by atoms with Crippen molar-refractivity contribution < 1.29 is 28.9 Å². The van der Waals surface area contributed by atoms with Crippen molar-refractivity contribution in [1.82, 2.24) is 4.90 Å². The molecule has 0 radical (unpaired) electrons. The largest absolute Gasteiger partial charge is 0.632 e. The molecule has 1 aromatic carbocycles. The number of benzene rings is 1. The lowest BCUT2D eigenvalue weighted by Crippen LogP contribution is -2.54. The first-order valence-corrected chi connectivity index (χ1v) is 10.8. The lowest BCUT2D eigenvalue weighted by atomic mass is 9.95. The van der Waals surface area contributed by atoms with E-state index in [2.05, 4.69) is 0 Å². The number of fused-ring (bicyclic) bond motifs is 1. The lowest BCUT2D eigenvalue weighted by Gasteiger charge is -2.29. The quantitative estimate of drug-likeness (QED) is 0.650. The summed E-state index contributed by atoms with van der Waals surface area (Å²) in [5.41, 5.74) is 6.00. The minimum atomic E-state index is -0.313. The number of aromatic hydroxyl groups is 2. The van der Waals surface area contributed by atoms with Crippen molar-refractivity contribution in [2.45, 2.75) is 57.5 Å². The van der Waals surface area contributed by atoms with Gasteiger partial charge in [0.15, 0.2) is 11.4 Å². The van der Waals surface area contributed by atoms with Crippen LogP contribution in [0.1, 0.15) is 51.0 Å². The summed E-state index contributed by atoms with van der Waals surface area (Å²) in [7, 11) is 0. The molecule has 30 heavy (non-hydrogen) atoms. The second-order valence-electron chi connectivity index (χ2n) is 8.45. The molecule has 1 aliphatic carbocycles. The first kappa shape index (κ1) is 20.4. The van der Waals surface area contributed by atoms with Crippen LogP contribution in [-0.2, 0) is 16.1 Å². The number of aromatic nitrogens is 2. The molecular weight excluding hydrogens is 384 g/mol. The number of carbonyl (C=O) groups excluding carboxylic acids is 2. The number of primary amides is 1. The number of hydrogen-bond acceptors (Lipinski definition) is 4. The van der Waals surface area contributed by atoms with Gasteiger partial charge in [-0.05, 0) is 31.7 Å². The predicted octanol–water partition coefficient (Wildman–Crippen LogP) is 1.06. The van der Waals surface area contributed by atoms with Gasteiger partial charge >= 0.3 is 11.9 Å². The van der Waals surface area contributed by atoms with Crippen LogP contribution in [-0.4, -0.2) is 40.0 Å². The van der Waals surface area contributed by atoms with Crippen molar-refractivity contribution in [3.63, 3.8) is 0 Å². The molecule has 160 valence electrons. The fourth-order valence-corrected chi connectivity index (χ4v) is 4.84. The van der Waals surface area contributed by atoms with Crippen LogP contribution in [0.25, 0.3) is 10.9 Å². The Bertz CT molecular complexity index is 963. The number of nitrogens with two attached hydrogens (primary N) is 1. The van der Waals surface area contributed by atoms with Crippen molar-refractivity contribution in [3.05, 3.63) is 24.3 Å². The number of carbonyl (C=O) groups is 2. The number of likely N-dealkylation sites (tertiary alicyclic amines) is 1. The molecule has 2 aliphatic rings. The molecule has 0 bridgehead atoms. The van der Waals surface area contributed by atoms with Gasteiger partial charge in [-0.3, -0.25) is 9.59 Å². The maximum atomic E-state index is 13.0. The first-order valence-electron chi connectivity index (χ1n) is 10.8. The normalized spacial score (nSPS) is 18.6. The average molecular weight is 415 g/mol. The number of piperidine rings is 1. The van der Waals surface area contributed by atoms with Crippen molar-refractivity contribution in [2.75, 3.05) is 13.1 Å². The van der Waals surface area contributed by atoms with Crippen LogP contribution in [0.3, 0.4) is 0 Å². The number of rotatable bonds is 4. The van der Waals surface area contributed by atoms with E-state index in [1.807, 2.05) is 18.2 Å². The Balaban J connectivity index is 1.66. The van der Waals surface area contributed by atoms with Gasteiger partial charge in [0.2, 0.25) is 18.0 Å². The smallest absolute Gasteiger partial charge is 0.459 e. The summed E-state index contributed by atoms with van der Waals surface area (Å²) in [5.74, 6) is -0.574. The highest BCUT2D eigenvalue weighted by atomic mass is 16.3. The third-order valence-electron chi connectivity index (χ3n) is 6.60. The highest BCUT2D eigenvalue weighted by Crippen LogP contribution is 2.29. The molecule has 8 nitrogen and oxygen atoms in total. The minimum Gasteiger partial charge on any atom is -0.459 e. The fourth-order valence-electron chi connectivity index (χ4n) is 4.84. The molecule has 4 rings (SSSR count). The lowest BCUT2D eigenvalue weighted by molar-refractivity contribution is -0.831. The Morgan fingerprint density at radius 3 is 2.37 bits per heavy atom. The molecule has 1 aromatic heterocycles. The van der Waals surface area contributed by atoms with Crippen molar-refractivity contribution in [3.8, 4) is 11.9 Å². The Hall–Kier alpha value is -2.90. The maximum absolute atomic E-state index is 13.0. The molecule has 0 unspecified atom stereocenters. The minimum absolute atomic E-state index is 0.0102. The zero-order valence-electron chi connectivity index (χ0n) is 17.2. The number of para-hydroxylation sites is 1. The van der Waals surface area contributed by atoms with E-state index in [4.69, 9.17) is 5.73 Å². The zero-order valence-corrected chi connectivity index (χ0v) is 17.2. The van der Waals surface area contributed by atoms with Crippen molar-refractivity contribution in [1.29, 1.82) is 0 Å². The molecule has 1 aliphatic heterocycles. The van der Waals surface area contributed by atoms with Gasteiger partial charge in [-0.15, -0.1) is 0 Å². The summed E-state index contributed by atoms with van der Waals surface area (Å²) in [6.45, 7) is 0.930. The van der Waals surface area contributed by atoms with Crippen LogP contribution in [0, 0.1) is 5.92 Å². The van der Waals surface area contributed by atoms with Gasteiger partial charge in [-0.1, -0.05) is 27.7 Å². The molecule has 0 atom stereocenters. The number of hydrogen-bond donors (Lipinski definition) is 3. The second kappa shape index (κ2) is 8.45. The Kier molecular flexibility index (Phi) is 5.74. The Morgan fingerprint density at radius 2 is 1.70 bits per heavy atom. The average Bonchev–Trinajstić information content (AvgIpc) is 2.77. The monoisotopic (exact) mass is 414 g/mol. The molecule has 1 saturated heterocycles.